The summed E-state index contributed by atoms with van der Waals surface area (Å²) >= 11 is 5.88. The van der Waals surface area contributed by atoms with Gasteiger partial charge in [-0.05, 0) is 11.8 Å². The molecule has 0 fully saturated rings. The van der Waals surface area contributed by atoms with E-state index in [1.807, 2.05) is 20.8 Å². The Kier molecular flexibility index (Phi) is 4.94. The third kappa shape index (κ3) is 4.38. The maximum absolute atomic E-state index is 11.1. The molecular formula is C13H16ClNO5. The van der Waals surface area contributed by atoms with Crippen LogP contribution in [0.4, 0.5) is 5.69 Å². The van der Waals surface area contributed by atoms with Crippen molar-refractivity contribution in [2.24, 2.45) is 5.41 Å². The lowest BCUT2D eigenvalue weighted by Crippen LogP contribution is -2.13. The fourth-order valence-corrected chi connectivity index (χ4v) is 1.72. The van der Waals surface area contributed by atoms with Gasteiger partial charge in [-0.3, -0.25) is 10.1 Å². The number of non-ortho nitro benzene ring substituents is 1. The molecule has 1 aromatic rings. The summed E-state index contributed by atoms with van der Waals surface area (Å²) in [6.45, 7) is 6.34. The Hall–Kier alpha value is -1.82. The third-order valence-electron chi connectivity index (χ3n) is 2.57. The van der Waals surface area contributed by atoms with Gasteiger partial charge < -0.3 is 9.84 Å². The van der Waals surface area contributed by atoms with Crippen LogP contribution in [-0.2, 0) is 0 Å². The Labute approximate surface area is 121 Å². The van der Waals surface area contributed by atoms with Gasteiger partial charge in [-0.25, -0.2) is 4.79 Å². The van der Waals surface area contributed by atoms with Crippen LogP contribution in [0.2, 0.25) is 5.02 Å². The van der Waals surface area contributed by atoms with Crippen LogP contribution in [0.15, 0.2) is 12.1 Å². The summed E-state index contributed by atoms with van der Waals surface area (Å²) in [5.74, 6) is -1.35. The van der Waals surface area contributed by atoms with Crippen molar-refractivity contribution in [3.63, 3.8) is 0 Å². The van der Waals surface area contributed by atoms with Crippen molar-refractivity contribution >= 4 is 23.3 Å². The Morgan fingerprint density at radius 2 is 2.05 bits per heavy atom. The standard InChI is InChI=1S/C13H16ClNO5/c1-13(2,3)4-5-20-11-9(12(16)17)6-8(15(18)19)7-10(11)14/h6-7H,4-5H2,1-3H3,(H,16,17). The van der Waals surface area contributed by atoms with Crippen LogP contribution in [0.25, 0.3) is 0 Å². The molecule has 0 aliphatic heterocycles. The molecule has 110 valence electrons. The molecule has 0 heterocycles. The SMILES string of the molecule is CC(C)(C)CCOc1c(Cl)cc([N+](=O)[O-])cc1C(=O)O. The van der Waals surface area contributed by atoms with Crippen LogP contribution in [0.5, 0.6) is 5.75 Å². The molecule has 0 saturated heterocycles. The Morgan fingerprint density at radius 3 is 2.50 bits per heavy atom. The van der Waals surface area contributed by atoms with E-state index in [1.54, 1.807) is 0 Å². The summed E-state index contributed by atoms with van der Waals surface area (Å²) in [6.07, 6.45) is 0.694. The number of rotatable bonds is 5. The van der Waals surface area contributed by atoms with E-state index in [1.165, 1.54) is 0 Å². The van der Waals surface area contributed by atoms with E-state index in [0.29, 0.717) is 6.42 Å². The van der Waals surface area contributed by atoms with Gasteiger partial charge in [0.2, 0.25) is 0 Å². The van der Waals surface area contributed by atoms with Crippen molar-refractivity contribution in [2.75, 3.05) is 6.61 Å². The summed E-state index contributed by atoms with van der Waals surface area (Å²) < 4.78 is 5.40. The van der Waals surface area contributed by atoms with Crippen molar-refractivity contribution in [3.05, 3.63) is 32.8 Å². The highest BCUT2D eigenvalue weighted by Gasteiger charge is 2.22. The highest BCUT2D eigenvalue weighted by Crippen LogP contribution is 2.34. The van der Waals surface area contributed by atoms with E-state index < -0.39 is 10.9 Å². The summed E-state index contributed by atoms with van der Waals surface area (Å²) in [6, 6.07) is 2.03. The lowest BCUT2D eigenvalue weighted by Gasteiger charge is -2.19. The van der Waals surface area contributed by atoms with E-state index in [2.05, 4.69) is 0 Å². The second-order valence-corrected chi connectivity index (χ2v) is 5.93. The lowest BCUT2D eigenvalue weighted by atomic mass is 9.93. The molecule has 0 spiro atoms. The smallest absolute Gasteiger partial charge is 0.339 e. The predicted molar refractivity (Wildman–Crippen MR) is 74.6 cm³/mol. The minimum atomic E-state index is -1.32. The third-order valence-corrected chi connectivity index (χ3v) is 2.85. The molecule has 1 aromatic carbocycles. The molecule has 1 rings (SSSR count). The number of nitro groups is 1. The van der Waals surface area contributed by atoms with Gasteiger partial charge in [0.15, 0.2) is 5.75 Å². The number of aromatic carboxylic acids is 1. The topological polar surface area (TPSA) is 89.7 Å². The van der Waals surface area contributed by atoms with E-state index in [-0.39, 0.29) is 34.0 Å². The van der Waals surface area contributed by atoms with Crippen LogP contribution >= 0.6 is 11.6 Å². The zero-order valence-corrected chi connectivity index (χ0v) is 12.2. The maximum atomic E-state index is 11.1. The molecule has 0 aliphatic rings. The molecule has 20 heavy (non-hydrogen) atoms. The number of benzene rings is 1. The minimum absolute atomic E-state index is 0.0244. The minimum Gasteiger partial charge on any atom is -0.491 e. The van der Waals surface area contributed by atoms with Crippen molar-refractivity contribution in [1.29, 1.82) is 0 Å². The average molecular weight is 302 g/mol. The number of carboxylic acid groups (broad SMARTS) is 1. The Morgan fingerprint density at radius 1 is 1.45 bits per heavy atom. The molecule has 0 bridgehead atoms. The van der Waals surface area contributed by atoms with Gasteiger partial charge in [0, 0.05) is 12.1 Å². The highest BCUT2D eigenvalue weighted by molar-refractivity contribution is 6.32. The lowest BCUT2D eigenvalue weighted by molar-refractivity contribution is -0.384. The number of ether oxygens (including phenoxy) is 1. The number of nitro benzene ring substituents is 1. The second kappa shape index (κ2) is 6.09. The number of carboxylic acids is 1. The van der Waals surface area contributed by atoms with Crippen molar-refractivity contribution in [3.8, 4) is 5.75 Å². The van der Waals surface area contributed by atoms with Crippen molar-refractivity contribution in [2.45, 2.75) is 27.2 Å². The molecule has 7 heteroatoms. The van der Waals surface area contributed by atoms with E-state index >= 15 is 0 Å². The normalized spacial score (nSPS) is 11.2. The quantitative estimate of drug-likeness (QED) is 0.660. The average Bonchev–Trinajstić information content (AvgIpc) is 2.28. The van der Waals surface area contributed by atoms with Gasteiger partial charge in [0.05, 0.1) is 16.6 Å². The van der Waals surface area contributed by atoms with Gasteiger partial charge >= 0.3 is 5.97 Å². The number of halogens is 1. The van der Waals surface area contributed by atoms with Crippen LogP contribution in [-0.4, -0.2) is 22.6 Å². The van der Waals surface area contributed by atoms with Crippen molar-refractivity contribution < 1.29 is 19.6 Å². The molecule has 0 amide bonds. The molecule has 0 aliphatic carbocycles. The van der Waals surface area contributed by atoms with Crippen molar-refractivity contribution in [1.82, 2.24) is 0 Å². The predicted octanol–water partition coefficient (Wildman–Crippen LogP) is 3.76. The zero-order valence-electron chi connectivity index (χ0n) is 11.5. The van der Waals surface area contributed by atoms with Gasteiger partial charge in [-0.15, -0.1) is 0 Å². The van der Waals surface area contributed by atoms with Gasteiger partial charge in [0.1, 0.15) is 5.56 Å². The fourth-order valence-electron chi connectivity index (χ4n) is 1.45. The largest absolute Gasteiger partial charge is 0.491 e. The summed E-state index contributed by atoms with van der Waals surface area (Å²) in [7, 11) is 0. The molecule has 0 aromatic heterocycles. The maximum Gasteiger partial charge on any atom is 0.339 e. The first-order valence-electron chi connectivity index (χ1n) is 5.96. The summed E-state index contributed by atoms with van der Waals surface area (Å²) in [5, 5.41) is 19.7. The second-order valence-electron chi connectivity index (χ2n) is 5.53. The van der Waals surface area contributed by atoms with Gasteiger partial charge in [-0.2, -0.15) is 0 Å². The summed E-state index contributed by atoms with van der Waals surface area (Å²) in [4.78, 5) is 21.1. The first kappa shape index (κ1) is 16.2. The number of carbonyl (C=O) groups is 1. The molecule has 0 unspecified atom stereocenters. The summed E-state index contributed by atoms with van der Waals surface area (Å²) in [5.41, 5.74) is -0.662. The first-order valence-corrected chi connectivity index (χ1v) is 6.33. The number of hydrogen-bond acceptors (Lipinski definition) is 4. The van der Waals surface area contributed by atoms with Gasteiger partial charge in [-0.1, -0.05) is 32.4 Å². The van der Waals surface area contributed by atoms with E-state index in [0.717, 1.165) is 12.1 Å². The molecule has 6 nitrogen and oxygen atoms in total. The molecule has 0 atom stereocenters. The fraction of sp³-hybridized carbons (Fsp3) is 0.462. The monoisotopic (exact) mass is 301 g/mol. The zero-order chi connectivity index (χ0) is 15.5. The number of nitrogens with zero attached hydrogens (tertiary/aromatic N) is 1. The highest BCUT2D eigenvalue weighted by atomic mass is 35.5. The van der Waals surface area contributed by atoms with Crippen LogP contribution in [0, 0.1) is 15.5 Å². The molecular weight excluding hydrogens is 286 g/mol. The number of hydrogen-bond donors (Lipinski definition) is 1. The van der Waals surface area contributed by atoms with E-state index in [4.69, 9.17) is 21.4 Å². The van der Waals surface area contributed by atoms with E-state index in [9.17, 15) is 14.9 Å². The first-order chi connectivity index (χ1) is 9.11. The molecule has 1 N–H and O–H groups in total. The van der Waals surface area contributed by atoms with Crippen LogP contribution in [0.3, 0.4) is 0 Å². The van der Waals surface area contributed by atoms with Crippen LogP contribution < -0.4 is 4.74 Å². The van der Waals surface area contributed by atoms with Gasteiger partial charge in [0.25, 0.3) is 5.69 Å². The van der Waals surface area contributed by atoms with Crippen LogP contribution in [0.1, 0.15) is 37.6 Å². The molecule has 0 radical (unpaired) electrons. The molecule has 0 saturated carbocycles. The Bertz CT molecular complexity index is 536. The Balaban J connectivity index is 3.06.